The van der Waals surface area contributed by atoms with E-state index in [0.717, 1.165) is 32.5 Å². The Kier molecular flexibility index (Phi) is 3.22. The highest BCUT2D eigenvalue weighted by Crippen LogP contribution is 2.24. The molecule has 4 nitrogen and oxygen atoms in total. The van der Waals surface area contributed by atoms with Crippen LogP contribution in [0, 0.1) is 0 Å². The van der Waals surface area contributed by atoms with Crippen LogP contribution >= 0.6 is 0 Å². The minimum Gasteiger partial charge on any atom is -0.459 e. The molecular formula is C12H22N2O2. The maximum atomic E-state index is 12.0. The average Bonchev–Trinajstić information content (AvgIpc) is 2.45. The smallest absolute Gasteiger partial charge is 0.323 e. The lowest BCUT2D eigenvalue weighted by atomic mass is 10.1. The molecule has 0 aromatic heterocycles. The Balaban J connectivity index is 1.94. The number of hydrogen-bond acceptors (Lipinski definition) is 4. The van der Waals surface area contributed by atoms with Crippen molar-refractivity contribution in [3.63, 3.8) is 0 Å². The summed E-state index contributed by atoms with van der Waals surface area (Å²) in [7, 11) is 0. The predicted octanol–water partition coefficient (Wildman–Crippen LogP) is 0.764. The van der Waals surface area contributed by atoms with Crippen molar-refractivity contribution in [1.29, 1.82) is 0 Å². The van der Waals surface area contributed by atoms with Gasteiger partial charge in [-0.15, -0.1) is 0 Å². The monoisotopic (exact) mass is 226 g/mol. The van der Waals surface area contributed by atoms with Crippen LogP contribution in [0.15, 0.2) is 0 Å². The molecule has 1 N–H and O–H groups in total. The molecule has 0 radical (unpaired) electrons. The molecule has 2 aliphatic rings. The summed E-state index contributed by atoms with van der Waals surface area (Å²) in [6.45, 7) is 8.84. The van der Waals surface area contributed by atoms with E-state index in [1.807, 2.05) is 20.8 Å². The van der Waals surface area contributed by atoms with Crippen molar-refractivity contribution >= 4 is 5.97 Å². The van der Waals surface area contributed by atoms with E-state index in [1.54, 1.807) is 0 Å². The van der Waals surface area contributed by atoms with Crippen molar-refractivity contribution in [2.45, 2.75) is 51.3 Å². The Morgan fingerprint density at radius 1 is 1.38 bits per heavy atom. The zero-order chi connectivity index (χ0) is 11.8. The molecule has 4 heteroatoms. The third-order valence-electron chi connectivity index (χ3n) is 3.20. The molecule has 2 saturated heterocycles. The van der Waals surface area contributed by atoms with E-state index in [9.17, 15) is 4.79 Å². The predicted molar refractivity (Wildman–Crippen MR) is 62.2 cm³/mol. The van der Waals surface area contributed by atoms with Crippen LogP contribution in [0.25, 0.3) is 0 Å². The number of carbonyl (C=O) groups is 1. The number of esters is 1. The molecule has 0 bridgehead atoms. The minimum atomic E-state index is -0.372. The Bertz CT molecular complexity index is 269. The largest absolute Gasteiger partial charge is 0.459 e. The molecule has 0 aliphatic carbocycles. The molecule has 1 atom stereocenters. The molecule has 0 amide bonds. The van der Waals surface area contributed by atoms with Gasteiger partial charge in [-0.25, -0.2) is 0 Å². The molecule has 0 aromatic carbocycles. The number of nitrogens with zero attached hydrogens (tertiary/aromatic N) is 1. The third kappa shape index (κ3) is 2.55. The molecule has 92 valence electrons. The van der Waals surface area contributed by atoms with Crippen molar-refractivity contribution in [2.75, 3.05) is 19.6 Å². The fourth-order valence-corrected chi connectivity index (χ4v) is 2.36. The summed E-state index contributed by atoms with van der Waals surface area (Å²) >= 11 is 0. The van der Waals surface area contributed by atoms with Crippen molar-refractivity contribution in [3.8, 4) is 0 Å². The maximum absolute atomic E-state index is 12.0. The van der Waals surface area contributed by atoms with Gasteiger partial charge in [0.1, 0.15) is 11.6 Å². The summed E-state index contributed by atoms with van der Waals surface area (Å²) in [5.41, 5.74) is -0.372. The first kappa shape index (κ1) is 11.9. The van der Waals surface area contributed by atoms with E-state index < -0.39 is 0 Å². The van der Waals surface area contributed by atoms with Gasteiger partial charge in [-0.05, 0) is 40.2 Å². The fraction of sp³-hybridized carbons (Fsp3) is 0.917. The van der Waals surface area contributed by atoms with Crippen molar-refractivity contribution in [3.05, 3.63) is 0 Å². The quantitative estimate of drug-likeness (QED) is 0.706. The van der Waals surface area contributed by atoms with E-state index in [2.05, 4.69) is 10.2 Å². The van der Waals surface area contributed by atoms with Gasteiger partial charge in [0, 0.05) is 19.1 Å². The van der Waals surface area contributed by atoms with Gasteiger partial charge in [-0.1, -0.05) is 0 Å². The first-order chi connectivity index (χ1) is 7.47. The van der Waals surface area contributed by atoms with Crippen LogP contribution in [-0.2, 0) is 9.53 Å². The van der Waals surface area contributed by atoms with Crippen molar-refractivity contribution < 1.29 is 9.53 Å². The topological polar surface area (TPSA) is 41.6 Å². The van der Waals surface area contributed by atoms with Gasteiger partial charge in [0.15, 0.2) is 0 Å². The third-order valence-corrected chi connectivity index (χ3v) is 3.20. The molecule has 16 heavy (non-hydrogen) atoms. The van der Waals surface area contributed by atoms with Gasteiger partial charge in [0.2, 0.25) is 0 Å². The molecule has 0 saturated carbocycles. The summed E-state index contributed by atoms with van der Waals surface area (Å²) in [5.74, 6) is -0.0445. The molecule has 0 unspecified atom stereocenters. The summed E-state index contributed by atoms with van der Waals surface area (Å²) in [6.07, 6.45) is 2.06. The molecule has 2 fully saturated rings. The zero-order valence-corrected chi connectivity index (χ0v) is 10.5. The highest BCUT2D eigenvalue weighted by Gasteiger charge is 2.39. The summed E-state index contributed by atoms with van der Waals surface area (Å²) < 4.78 is 5.47. The number of ether oxygens (including phenoxy) is 1. The number of carbonyl (C=O) groups excluding carboxylic acids is 1. The Morgan fingerprint density at radius 3 is 2.56 bits per heavy atom. The summed E-state index contributed by atoms with van der Waals surface area (Å²) in [6, 6.07) is 0.534. The first-order valence-corrected chi connectivity index (χ1v) is 6.17. The van der Waals surface area contributed by atoms with Gasteiger partial charge in [-0.3, -0.25) is 9.69 Å². The Morgan fingerprint density at radius 2 is 2.06 bits per heavy atom. The van der Waals surface area contributed by atoms with Gasteiger partial charge < -0.3 is 10.1 Å². The normalized spacial score (nSPS) is 27.8. The van der Waals surface area contributed by atoms with Gasteiger partial charge >= 0.3 is 5.97 Å². The molecule has 0 aromatic rings. The lowest BCUT2D eigenvalue weighted by Crippen LogP contribution is -2.60. The molecule has 0 spiro atoms. The van der Waals surface area contributed by atoms with E-state index >= 15 is 0 Å². The van der Waals surface area contributed by atoms with E-state index in [0.29, 0.717) is 6.04 Å². The highest BCUT2D eigenvalue weighted by molar-refractivity contribution is 5.76. The van der Waals surface area contributed by atoms with Gasteiger partial charge in [0.05, 0.1) is 0 Å². The Hall–Kier alpha value is -0.610. The van der Waals surface area contributed by atoms with Crippen LogP contribution in [-0.4, -0.2) is 48.2 Å². The lowest BCUT2D eigenvalue weighted by molar-refractivity contribution is -0.161. The second-order valence-corrected chi connectivity index (χ2v) is 5.74. The molecular weight excluding hydrogens is 204 g/mol. The maximum Gasteiger partial charge on any atom is 0.323 e. The summed E-state index contributed by atoms with van der Waals surface area (Å²) in [5, 5.41) is 3.25. The minimum absolute atomic E-state index is 0.00803. The van der Waals surface area contributed by atoms with Crippen LogP contribution < -0.4 is 5.32 Å². The van der Waals surface area contributed by atoms with Crippen LogP contribution in [0.1, 0.15) is 33.6 Å². The van der Waals surface area contributed by atoms with Gasteiger partial charge in [-0.2, -0.15) is 0 Å². The van der Waals surface area contributed by atoms with E-state index in [4.69, 9.17) is 4.74 Å². The molecule has 2 aliphatic heterocycles. The first-order valence-electron chi connectivity index (χ1n) is 6.17. The highest BCUT2D eigenvalue weighted by atomic mass is 16.6. The number of likely N-dealkylation sites (tertiary alicyclic amines) is 1. The average molecular weight is 226 g/mol. The molecule has 2 rings (SSSR count). The fourth-order valence-electron chi connectivity index (χ4n) is 2.36. The van der Waals surface area contributed by atoms with Crippen LogP contribution in [0.3, 0.4) is 0 Å². The van der Waals surface area contributed by atoms with E-state index in [1.165, 1.54) is 0 Å². The Labute approximate surface area is 97.3 Å². The second-order valence-electron chi connectivity index (χ2n) is 5.74. The SMILES string of the molecule is CC(C)(C)OC(=O)[C@H]1CCCN1C1CNC1. The number of hydrogen-bond donors (Lipinski definition) is 1. The van der Waals surface area contributed by atoms with Crippen LogP contribution in [0.5, 0.6) is 0 Å². The second kappa shape index (κ2) is 4.34. The van der Waals surface area contributed by atoms with Crippen molar-refractivity contribution in [1.82, 2.24) is 10.2 Å². The van der Waals surface area contributed by atoms with E-state index in [-0.39, 0.29) is 17.6 Å². The van der Waals surface area contributed by atoms with Crippen LogP contribution in [0.4, 0.5) is 0 Å². The molecule has 2 heterocycles. The number of rotatable bonds is 2. The zero-order valence-electron chi connectivity index (χ0n) is 10.5. The summed E-state index contributed by atoms with van der Waals surface area (Å²) in [4.78, 5) is 14.3. The van der Waals surface area contributed by atoms with Crippen LogP contribution in [0.2, 0.25) is 0 Å². The van der Waals surface area contributed by atoms with Crippen molar-refractivity contribution in [2.24, 2.45) is 0 Å². The standard InChI is InChI=1S/C12H22N2O2/c1-12(2,3)16-11(15)10-5-4-6-14(10)9-7-13-8-9/h9-10,13H,4-8H2,1-3H3/t10-/m1/s1. The van der Waals surface area contributed by atoms with Gasteiger partial charge in [0.25, 0.3) is 0 Å². The lowest BCUT2D eigenvalue weighted by Gasteiger charge is -2.38. The number of nitrogens with one attached hydrogen (secondary N) is 1.